The zero-order valence-corrected chi connectivity index (χ0v) is 18.6. The highest BCUT2D eigenvalue weighted by Crippen LogP contribution is 2.40. The number of carbonyl (C=O) groups excluding carboxylic acids is 1. The summed E-state index contributed by atoms with van der Waals surface area (Å²) in [6.45, 7) is 2.07. The molecule has 5 rings (SSSR count). The predicted molar refractivity (Wildman–Crippen MR) is 127 cm³/mol. The van der Waals surface area contributed by atoms with Crippen LogP contribution in [0.15, 0.2) is 57.3 Å². The summed E-state index contributed by atoms with van der Waals surface area (Å²) in [7, 11) is 0. The van der Waals surface area contributed by atoms with Crippen LogP contribution in [-0.2, 0) is 17.6 Å². The maximum Gasteiger partial charge on any atom is 0.341 e. The Morgan fingerprint density at radius 1 is 1.19 bits per heavy atom. The van der Waals surface area contributed by atoms with Crippen molar-refractivity contribution in [2.75, 3.05) is 6.61 Å². The predicted octanol–water partition coefficient (Wildman–Crippen LogP) is 6.67. The molecule has 1 N–H and O–H groups in total. The fraction of sp³-hybridized carbons (Fsp3) is 0.231. The third-order valence-electron chi connectivity index (χ3n) is 5.78. The second kappa shape index (κ2) is 8.63. The highest BCUT2D eigenvalue weighted by atomic mass is 32.1. The molecule has 2 heterocycles. The molecule has 0 bridgehead atoms. The molecular formula is C26H23NO4S. The molecule has 6 heteroatoms. The Hall–Kier alpha value is -3.38. The number of hydrogen-bond donors (Lipinski definition) is 1. The number of aliphatic imine (C=N–C) groups is 1. The number of furan rings is 1. The molecule has 0 unspecified atom stereocenters. The van der Waals surface area contributed by atoms with Crippen molar-refractivity contribution in [1.82, 2.24) is 0 Å². The van der Waals surface area contributed by atoms with Gasteiger partial charge in [-0.05, 0) is 43.9 Å². The van der Waals surface area contributed by atoms with Gasteiger partial charge in [-0.2, -0.15) is 0 Å². The zero-order valence-electron chi connectivity index (χ0n) is 17.8. The fourth-order valence-electron chi connectivity index (χ4n) is 4.30. The number of phenolic OH excluding ortho intramolecular Hbond substituents is 1. The molecule has 0 aliphatic heterocycles. The van der Waals surface area contributed by atoms with Crippen LogP contribution in [0.1, 0.15) is 47.0 Å². The van der Waals surface area contributed by atoms with E-state index in [-0.39, 0.29) is 12.4 Å². The maximum atomic E-state index is 12.8. The van der Waals surface area contributed by atoms with Crippen molar-refractivity contribution in [3.05, 3.63) is 70.3 Å². The second-order valence-corrected chi connectivity index (χ2v) is 8.61. The standard InChI is InChI=1S/C26H23NO4S/c1-2-30-26(29)24-19(16-8-4-3-5-9-16)15-32-25(24)27-14-18-20(28)12-13-22-23(18)17-10-6-7-11-21(17)31-22/h3-5,8-9,12-15,28H,2,6-7,10-11H2,1H3/b27-14+. The molecular weight excluding hydrogens is 422 g/mol. The summed E-state index contributed by atoms with van der Waals surface area (Å²) in [5.41, 5.74) is 4.72. The Morgan fingerprint density at radius 3 is 2.81 bits per heavy atom. The number of nitrogens with zero attached hydrogens (tertiary/aromatic N) is 1. The number of fused-ring (bicyclic) bond motifs is 3. The van der Waals surface area contributed by atoms with Gasteiger partial charge in [-0.1, -0.05) is 30.3 Å². The van der Waals surface area contributed by atoms with E-state index in [1.165, 1.54) is 11.3 Å². The van der Waals surface area contributed by atoms with E-state index in [1.807, 2.05) is 41.8 Å². The minimum absolute atomic E-state index is 0.146. The molecule has 4 aromatic rings. The average Bonchev–Trinajstić information content (AvgIpc) is 3.41. The Morgan fingerprint density at radius 2 is 2.00 bits per heavy atom. The Bertz CT molecular complexity index is 1320. The number of ether oxygens (including phenoxy) is 1. The third kappa shape index (κ3) is 3.60. The quantitative estimate of drug-likeness (QED) is 0.275. The lowest BCUT2D eigenvalue weighted by molar-refractivity contribution is 0.0529. The first-order valence-corrected chi connectivity index (χ1v) is 11.7. The second-order valence-electron chi connectivity index (χ2n) is 7.76. The van der Waals surface area contributed by atoms with Crippen molar-refractivity contribution < 1.29 is 19.1 Å². The number of aryl methyl sites for hydroxylation is 2. The number of benzene rings is 2. The van der Waals surface area contributed by atoms with Crippen molar-refractivity contribution in [3.63, 3.8) is 0 Å². The van der Waals surface area contributed by atoms with E-state index in [2.05, 4.69) is 4.99 Å². The summed E-state index contributed by atoms with van der Waals surface area (Å²) in [5.74, 6) is 0.747. The van der Waals surface area contributed by atoms with E-state index in [0.717, 1.165) is 59.1 Å². The smallest absolute Gasteiger partial charge is 0.341 e. The molecule has 0 atom stereocenters. The van der Waals surface area contributed by atoms with Gasteiger partial charge in [0.2, 0.25) is 0 Å². The van der Waals surface area contributed by atoms with Crippen molar-refractivity contribution in [3.8, 4) is 16.9 Å². The number of aromatic hydroxyl groups is 1. The first kappa shape index (κ1) is 20.5. The Balaban J connectivity index is 1.62. The van der Waals surface area contributed by atoms with E-state index in [1.54, 1.807) is 19.2 Å². The molecule has 0 amide bonds. The van der Waals surface area contributed by atoms with Gasteiger partial charge in [-0.25, -0.2) is 9.79 Å². The number of carbonyl (C=O) groups is 1. The first-order valence-electron chi connectivity index (χ1n) is 10.8. The van der Waals surface area contributed by atoms with Gasteiger partial charge in [0.1, 0.15) is 27.7 Å². The molecule has 32 heavy (non-hydrogen) atoms. The summed E-state index contributed by atoms with van der Waals surface area (Å²) in [5, 5.41) is 14.0. The molecule has 1 aliphatic carbocycles. The first-order chi connectivity index (χ1) is 15.7. The van der Waals surface area contributed by atoms with E-state index in [4.69, 9.17) is 9.15 Å². The van der Waals surface area contributed by atoms with Crippen LogP contribution in [0.5, 0.6) is 5.75 Å². The molecule has 2 aromatic carbocycles. The monoisotopic (exact) mass is 445 g/mol. The van der Waals surface area contributed by atoms with E-state index >= 15 is 0 Å². The lowest BCUT2D eigenvalue weighted by Crippen LogP contribution is -2.05. The van der Waals surface area contributed by atoms with E-state index in [9.17, 15) is 9.90 Å². The molecule has 162 valence electrons. The van der Waals surface area contributed by atoms with Crippen LogP contribution in [0, 0.1) is 0 Å². The van der Waals surface area contributed by atoms with Crippen molar-refractivity contribution >= 4 is 39.5 Å². The Labute approximate surface area is 190 Å². The summed E-state index contributed by atoms with van der Waals surface area (Å²) >= 11 is 1.38. The highest BCUT2D eigenvalue weighted by Gasteiger charge is 2.23. The summed E-state index contributed by atoms with van der Waals surface area (Å²) < 4.78 is 11.4. The number of hydrogen-bond acceptors (Lipinski definition) is 6. The van der Waals surface area contributed by atoms with Gasteiger partial charge in [-0.15, -0.1) is 11.3 Å². The highest BCUT2D eigenvalue weighted by molar-refractivity contribution is 7.14. The van der Waals surface area contributed by atoms with Crippen LogP contribution in [0.3, 0.4) is 0 Å². The van der Waals surface area contributed by atoms with Crippen LogP contribution in [0.4, 0.5) is 5.00 Å². The number of thiophene rings is 1. The largest absolute Gasteiger partial charge is 0.507 e. The van der Waals surface area contributed by atoms with E-state index in [0.29, 0.717) is 16.1 Å². The SMILES string of the molecule is CCOC(=O)c1c(-c2ccccc2)csc1/N=C/c1c(O)ccc2oc3c(c12)CCCC3. The maximum absolute atomic E-state index is 12.8. The van der Waals surface area contributed by atoms with Gasteiger partial charge in [0, 0.05) is 40.1 Å². The van der Waals surface area contributed by atoms with Crippen molar-refractivity contribution in [1.29, 1.82) is 0 Å². The van der Waals surface area contributed by atoms with Gasteiger partial charge in [0.25, 0.3) is 0 Å². The molecule has 0 radical (unpaired) electrons. The van der Waals surface area contributed by atoms with E-state index < -0.39 is 5.97 Å². The van der Waals surface area contributed by atoms with Crippen molar-refractivity contribution in [2.24, 2.45) is 4.99 Å². The number of rotatable bonds is 5. The van der Waals surface area contributed by atoms with Crippen molar-refractivity contribution in [2.45, 2.75) is 32.6 Å². The lowest BCUT2D eigenvalue weighted by atomic mass is 9.94. The Kier molecular flexibility index (Phi) is 5.53. The lowest BCUT2D eigenvalue weighted by Gasteiger charge is -2.10. The number of phenols is 1. The molecule has 0 saturated carbocycles. The van der Waals surface area contributed by atoms with Gasteiger partial charge in [-0.3, -0.25) is 0 Å². The molecule has 0 spiro atoms. The van der Waals surface area contributed by atoms with Crippen LogP contribution >= 0.6 is 11.3 Å². The molecule has 0 saturated heterocycles. The fourth-order valence-corrected chi connectivity index (χ4v) is 5.21. The number of esters is 1. The molecule has 5 nitrogen and oxygen atoms in total. The average molecular weight is 446 g/mol. The van der Waals surface area contributed by atoms with Crippen LogP contribution < -0.4 is 0 Å². The summed E-state index contributed by atoms with van der Waals surface area (Å²) in [4.78, 5) is 17.5. The van der Waals surface area contributed by atoms with Crippen LogP contribution in [-0.4, -0.2) is 23.9 Å². The summed E-state index contributed by atoms with van der Waals surface area (Å²) in [6, 6.07) is 13.2. The van der Waals surface area contributed by atoms with Gasteiger partial charge < -0.3 is 14.3 Å². The van der Waals surface area contributed by atoms with Crippen LogP contribution in [0.2, 0.25) is 0 Å². The zero-order chi connectivity index (χ0) is 22.1. The minimum Gasteiger partial charge on any atom is -0.507 e. The minimum atomic E-state index is -0.400. The topological polar surface area (TPSA) is 72.0 Å². The van der Waals surface area contributed by atoms with Crippen LogP contribution in [0.25, 0.3) is 22.1 Å². The molecule has 2 aromatic heterocycles. The molecule has 1 aliphatic rings. The summed E-state index contributed by atoms with van der Waals surface area (Å²) in [6.07, 6.45) is 5.71. The van der Waals surface area contributed by atoms with Gasteiger partial charge in [0.05, 0.1) is 6.61 Å². The van der Waals surface area contributed by atoms with Gasteiger partial charge in [0.15, 0.2) is 0 Å². The third-order valence-corrected chi connectivity index (χ3v) is 6.67. The van der Waals surface area contributed by atoms with Gasteiger partial charge >= 0.3 is 5.97 Å². The molecule has 0 fully saturated rings. The normalized spacial score (nSPS) is 13.5.